The minimum atomic E-state index is 0.584. The fraction of sp³-hybridized carbons (Fsp3) is 0.400. The second-order valence-corrected chi connectivity index (χ2v) is 4.05. The molecule has 1 aliphatic carbocycles. The van der Waals surface area contributed by atoms with Gasteiger partial charge in [-0.25, -0.2) is 4.68 Å². The molecule has 0 spiro atoms. The number of nitrogen functional groups attached to an aromatic ring is 1. The lowest BCUT2D eigenvalue weighted by atomic mass is 10.3. The Labute approximate surface area is 87.5 Å². The standard InChI is InChI=1S/C10H13N5/c1-14-6-8(5-12-14)15-9(7-2-3-7)4-10(11)13-15/h4-7H,2-3H2,1H3,(H2,11,13). The summed E-state index contributed by atoms with van der Waals surface area (Å²) in [7, 11) is 1.90. The zero-order valence-corrected chi connectivity index (χ0v) is 8.59. The third-order valence-electron chi connectivity index (χ3n) is 2.69. The van der Waals surface area contributed by atoms with Crippen molar-refractivity contribution in [1.82, 2.24) is 19.6 Å². The van der Waals surface area contributed by atoms with Gasteiger partial charge in [0.15, 0.2) is 0 Å². The predicted octanol–water partition coefficient (Wildman–Crippen LogP) is 1.07. The molecule has 0 radical (unpaired) electrons. The van der Waals surface area contributed by atoms with Crippen LogP contribution in [0.4, 0.5) is 5.82 Å². The molecule has 1 aliphatic rings. The van der Waals surface area contributed by atoms with E-state index in [4.69, 9.17) is 5.73 Å². The van der Waals surface area contributed by atoms with Gasteiger partial charge < -0.3 is 5.73 Å². The summed E-state index contributed by atoms with van der Waals surface area (Å²) in [6, 6.07) is 1.96. The monoisotopic (exact) mass is 203 g/mol. The molecule has 0 saturated heterocycles. The van der Waals surface area contributed by atoms with Crippen molar-refractivity contribution in [3.05, 3.63) is 24.2 Å². The number of nitrogens with two attached hydrogens (primary N) is 1. The van der Waals surface area contributed by atoms with Crippen molar-refractivity contribution in [3.8, 4) is 5.69 Å². The summed E-state index contributed by atoms with van der Waals surface area (Å²) in [4.78, 5) is 0. The molecule has 15 heavy (non-hydrogen) atoms. The van der Waals surface area contributed by atoms with E-state index < -0.39 is 0 Å². The smallest absolute Gasteiger partial charge is 0.146 e. The molecule has 5 nitrogen and oxygen atoms in total. The maximum atomic E-state index is 5.73. The molecule has 0 atom stereocenters. The quantitative estimate of drug-likeness (QED) is 0.794. The van der Waals surface area contributed by atoms with Crippen LogP contribution in [-0.4, -0.2) is 19.6 Å². The third-order valence-corrected chi connectivity index (χ3v) is 2.69. The molecule has 0 aliphatic heterocycles. The van der Waals surface area contributed by atoms with E-state index in [9.17, 15) is 0 Å². The molecule has 0 aromatic carbocycles. The van der Waals surface area contributed by atoms with Gasteiger partial charge in [0, 0.05) is 24.7 Å². The van der Waals surface area contributed by atoms with E-state index in [2.05, 4.69) is 10.2 Å². The Morgan fingerprint density at radius 1 is 1.47 bits per heavy atom. The van der Waals surface area contributed by atoms with E-state index in [1.54, 1.807) is 10.9 Å². The molecule has 0 unspecified atom stereocenters. The van der Waals surface area contributed by atoms with Crippen LogP contribution in [0.15, 0.2) is 18.5 Å². The zero-order chi connectivity index (χ0) is 10.4. The Morgan fingerprint density at radius 2 is 2.27 bits per heavy atom. The van der Waals surface area contributed by atoms with Crippen LogP contribution < -0.4 is 5.73 Å². The minimum absolute atomic E-state index is 0.584. The van der Waals surface area contributed by atoms with Gasteiger partial charge in [0.2, 0.25) is 0 Å². The highest BCUT2D eigenvalue weighted by atomic mass is 15.3. The molecule has 0 amide bonds. The first kappa shape index (κ1) is 8.52. The summed E-state index contributed by atoms with van der Waals surface area (Å²) < 4.78 is 3.67. The third kappa shape index (κ3) is 1.40. The first-order chi connectivity index (χ1) is 7.24. The fourth-order valence-corrected chi connectivity index (χ4v) is 1.81. The number of aromatic nitrogens is 4. The molecule has 3 rings (SSSR count). The van der Waals surface area contributed by atoms with Crippen molar-refractivity contribution in [2.75, 3.05) is 5.73 Å². The van der Waals surface area contributed by atoms with Gasteiger partial charge in [-0.3, -0.25) is 4.68 Å². The van der Waals surface area contributed by atoms with E-state index in [0.29, 0.717) is 11.7 Å². The minimum Gasteiger partial charge on any atom is -0.382 e. The normalized spacial score (nSPS) is 15.8. The van der Waals surface area contributed by atoms with Crippen LogP contribution in [0.25, 0.3) is 5.69 Å². The molecule has 1 fully saturated rings. The number of nitrogens with zero attached hydrogens (tertiary/aromatic N) is 4. The van der Waals surface area contributed by atoms with E-state index in [1.807, 2.05) is 24.0 Å². The Kier molecular flexibility index (Phi) is 1.62. The van der Waals surface area contributed by atoms with Crippen molar-refractivity contribution in [2.45, 2.75) is 18.8 Å². The van der Waals surface area contributed by atoms with E-state index in [0.717, 1.165) is 5.69 Å². The van der Waals surface area contributed by atoms with Gasteiger partial charge in [-0.1, -0.05) is 0 Å². The fourth-order valence-electron chi connectivity index (χ4n) is 1.81. The maximum Gasteiger partial charge on any atom is 0.146 e. The van der Waals surface area contributed by atoms with Crippen molar-refractivity contribution >= 4 is 5.82 Å². The van der Waals surface area contributed by atoms with Crippen molar-refractivity contribution < 1.29 is 0 Å². The van der Waals surface area contributed by atoms with Crippen LogP contribution in [0.2, 0.25) is 0 Å². The number of hydrogen-bond donors (Lipinski definition) is 1. The summed E-state index contributed by atoms with van der Waals surface area (Å²) in [6.07, 6.45) is 6.23. The topological polar surface area (TPSA) is 61.7 Å². The van der Waals surface area contributed by atoms with Crippen molar-refractivity contribution in [1.29, 1.82) is 0 Å². The van der Waals surface area contributed by atoms with Crippen LogP contribution in [0.1, 0.15) is 24.5 Å². The summed E-state index contributed by atoms with van der Waals surface area (Å²) in [5.74, 6) is 1.22. The second kappa shape index (κ2) is 2.85. The van der Waals surface area contributed by atoms with Gasteiger partial charge in [-0.15, -0.1) is 0 Å². The predicted molar refractivity (Wildman–Crippen MR) is 56.7 cm³/mol. The van der Waals surface area contributed by atoms with Gasteiger partial charge in [0.25, 0.3) is 0 Å². The molecule has 0 bridgehead atoms. The first-order valence-electron chi connectivity index (χ1n) is 5.08. The van der Waals surface area contributed by atoms with Gasteiger partial charge in [0.1, 0.15) is 11.5 Å². The van der Waals surface area contributed by atoms with Crippen LogP contribution in [0.5, 0.6) is 0 Å². The molecule has 2 aromatic rings. The number of rotatable bonds is 2. The highest BCUT2D eigenvalue weighted by Gasteiger charge is 2.28. The second-order valence-electron chi connectivity index (χ2n) is 4.05. The summed E-state index contributed by atoms with van der Waals surface area (Å²) in [5, 5.41) is 8.43. The molecule has 2 heterocycles. The lowest BCUT2D eigenvalue weighted by Crippen LogP contribution is -2.00. The highest BCUT2D eigenvalue weighted by Crippen LogP contribution is 2.41. The maximum absolute atomic E-state index is 5.73. The van der Waals surface area contributed by atoms with Gasteiger partial charge in [-0.2, -0.15) is 10.2 Å². The number of anilines is 1. The van der Waals surface area contributed by atoms with Crippen LogP contribution >= 0.6 is 0 Å². The van der Waals surface area contributed by atoms with Gasteiger partial charge >= 0.3 is 0 Å². The first-order valence-corrected chi connectivity index (χ1v) is 5.08. The van der Waals surface area contributed by atoms with Crippen molar-refractivity contribution in [3.63, 3.8) is 0 Å². The van der Waals surface area contributed by atoms with Crippen LogP contribution in [0.3, 0.4) is 0 Å². The summed E-state index contributed by atoms with van der Waals surface area (Å²) >= 11 is 0. The number of aryl methyl sites for hydroxylation is 1. The Hall–Kier alpha value is -1.78. The molecule has 2 N–H and O–H groups in total. The van der Waals surface area contributed by atoms with E-state index in [-0.39, 0.29) is 0 Å². The molecular weight excluding hydrogens is 190 g/mol. The van der Waals surface area contributed by atoms with Crippen LogP contribution in [0, 0.1) is 0 Å². The van der Waals surface area contributed by atoms with Gasteiger partial charge in [0.05, 0.1) is 12.4 Å². The van der Waals surface area contributed by atoms with Gasteiger partial charge in [-0.05, 0) is 12.8 Å². The molecule has 2 aromatic heterocycles. The number of hydrogen-bond acceptors (Lipinski definition) is 3. The highest BCUT2D eigenvalue weighted by molar-refractivity contribution is 5.39. The summed E-state index contributed by atoms with van der Waals surface area (Å²) in [6.45, 7) is 0. The zero-order valence-electron chi connectivity index (χ0n) is 8.59. The Morgan fingerprint density at radius 3 is 2.87 bits per heavy atom. The molecule has 1 saturated carbocycles. The lowest BCUT2D eigenvalue weighted by molar-refractivity contribution is 0.764. The average Bonchev–Trinajstić information content (AvgIpc) is 2.85. The Bertz CT molecular complexity index is 492. The average molecular weight is 203 g/mol. The largest absolute Gasteiger partial charge is 0.382 e. The van der Waals surface area contributed by atoms with E-state index >= 15 is 0 Å². The van der Waals surface area contributed by atoms with E-state index in [1.165, 1.54) is 18.5 Å². The lowest BCUT2D eigenvalue weighted by Gasteiger charge is -2.01. The Balaban J connectivity index is 2.09. The molecule has 78 valence electrons. The van der Waals surface area contributed by atoms with Crippen molar-refractivity contribution in [2.24, 2.45) is 7.05 Å². The SMILES string of the molecule is Cn1cc(-n2nc(N)cc2C2CC2)cn1. The summed E-state index contributed by atoms with van der Waals surface area (Å²) in [5.41, 5.74) is 7.92. The van der Waals surface area contributed by atoms with Crippen LogP contribution in [-0.2, 0) is 7.05 Å². The molecular formula is C10H13N5. The molecule has 5 heteroatoms.